The molecule has 0 radical (unpaired) electrons. The maximum atomic E-state index is 11.3. The zero-order chi connectivity index (χ0) is 15.1. The van der Waals surface area contributed by atoms with E-state index in [9.17, 15) is 9.90 Å². The quantitative estimate of drug-likeness (QED) is 0.896. The van der Waals surface area contributed by atoms with Crippen molar-refractivity contribution < 1.29 is 14.3 Å². The van der Waals surface area contributed by atoms with E-state index < -0.39 is 11.4 Å². The Morgan fingerprint density at radius 2 is 2.00 bits per heavy atom. The van der Waals surface area contributed by atoms with Crippen molar-refractivity contribution >= 4 is 17.6 Å². The van der Waals surface area contributed by atoms with E-state index in [2.05, 4.69) is 4.98 Å². The van der Waals surface area contributed by atoms with Crippen molar-refractivity contribution in [2.24, 2.45) is 0 Å². The molecule has 0 aliphatic rings. The average Bonchev–Trinajstić information content (AvgIpc) is 2.73. The monoisotopic (exact) mass is 293 g/mol. The van der Waals surface area contributed by atoms with E-state index in [0.29, 0.717) is 16.3 Å². The van der Waals surface area contributed by atoms with Crippen LogP contribution in [0, 0.1) is 6.92 Å². The molecule has 5 heteroatoms. The summed E-state index contributed by atoms with van der Waals surface area (Å²) in [7, 11) is 0. The van der Waals surface area contributed by atoms with Crippen LogP contribution in [0.4, 0.5) is 0 Å². The van der Waals surface area contributed by atoms with Gasteiger partial charge in [-0.1, -0.05) is 38.4 Å². The number of nitrogens with zero attached hydrogens (tertiary/aromatic N) is 1. The number of carboxylic acids is 1. The molecule has 1 aromatic carbocycles. The molecule has 0 aliphatic heterocycles. The Balaban J connectivity index is 2.62. The Bertz CT molecular complexity index is 668. The Hall–Kier alpha value is -1.81. The summed E-state index contributed by atoms with van der Waals surface area (Å²) in [4.78, 5) is 15.6. The van der Waals surface area contributed by atoms with Gasteiger partial charge in [0.2, 0.25) is 11.7 Å². The molecule has 1 heterocycles. The standard InChI is InChI=1S/C15H16ClNO3/c1-8-5-6-9(10(16)7-8)13-17-12(15(2,3)4)11(20-13)14(18)19/h5-7H,1-4H3,(H,18,19). The second-order valence-electron chi connectivity index (χ2n) is 5.74. The number of benzene rings is 1. The molecule has 2 aromatic rings. The summed E-state index contributed by atoms with van der Waals surface area (Å²) in [5.41, 5.74) is 1.60. The van der Waals surface area contributed by atoms with E-state index in [1.54, 1.807) is 12.1 Å². The lowest BCUT2D eigenvalue weighted by Gasteiger charge is -2.14. The summed E-state index contributed by atoms with van der Waals surface area (Å²) < 4.78 is 5.41. The van der Waals surface area contributed by atoms with E-state index in [1.165, 1.54) is 0 Å². The van der Waals surface area contributed by atoms with Gasteiger partial charge in [-0.2, -0.15) is 0 Å². The van der Waals surface area contributed by atoms with Gasteiger partial charge in [0.25, 0.3) is 0 Å². The molecule has 0 saturated heterocycles. The lowest BCUT2D eigenvalue weighted by atomic mass is 9.91. The van der Waals surface area contributed by atoms with Gasteiger partial charge in [0, 0.05) is 5.41 Å². The van der Waals surface area contributed by atoms with Crippen molar-refractivity contribution in [1.82, 2.24) is 4.98 Å². The molecule has 4 nitrogen and oxygen atoms in total. The summed E-state index contributed by atoms with van der Waals surface area (Å²) >= 11 is 6.17. The molecule has 0 fully saturated rings. The fourth-order valence-corrected chi connectivity index (χ4v) is 2.20. The van der Waals surface area contributed by atoms with Gasteiger partial charge in [0.15, 0.2) is 0 Å². The Morgan fingerprint density at radius 3 is 2.45 bits per heavy atom. The average molecular weight is 294 g/mol. The van der Waals surface area contributed by atoms with Gasteiger partial charge in [0.1, 0.15) is 5.69 Å². The summed E-state index contributed by atoms with van der Waals surface area (Å²) in [6.07, 6.45) is 0. The summed E-state index contributed by atoms with van der Waals surface area (Å²) in [6, 6.07) is 5.45. The van der Waals surface area contributed by atoms with Gasteiger partial charge in [0.05, 0.1) is 10.6 Å². The molecule has 106 valence electrons. The lowest BCUT2D eigenvalue weighted by Crippen LogP contribution is -2.16. The summed E-state index contributed by atoms with van der Waals surface area (Å²) in [5, 5.41) is 9.73. The largest absolute Gasteiger partial charge is 0.475 e. The molecule has 1 aromatic heterocycles. The van der Waals surface area contributed by atoms with Crippen LogP contribution in [-0.4, -0.2) is 16.1 Å². The minimum Gasteiger partial charge on any atom is -0.475 e. The fraction of sp³-hybridized carbons (Fsp3) is 0.333. The number of carbonyl (C=O) groups is 1. The third kappa shape index (κ3) is 2.70. The Labute approximate surface area is 122 Å². The van der Waals surface area contributed by atoms with Crippen LogP contribution < -0.4 is 0 Å². The smallest absolute Gasteiger partial charge is 0.373 e. The number of oxazole rings is 1. The summed E-state index contributed by atoms with van der Waals surface area (Å²) in [5.74, 6) is -1.03. The number of aromatic carboxylic acids is 1. The van der Waals surface area contributed by atoms with Crippen LogP contribution in [0.2, 0.25) is 5.02 Å². The van der Waals surface area contributed by atoms with Gasteiger partial charge in [-0.15, -0.1) is 0 Å². The topological polar surface area (TPSA) is 63.3 Å². The predicted octanol–water partition coefficient (Wildman–Crippen LogP) is 4.30. The molecule has 0 unspecified atom stereocenters. The number of hydrogen-bond acceptors (Lipinski definition) is 3. The van der Waals surface area contributed by atoms with Crippen LogP contribution >= 0.6 is 11.6 Å². The molecule has 0 amide bonds. The fourth-order valence-electron chi connectivity index (χ4n) is 1.88. The molecule has 0 spiro atoms. The molecule has 0 aliphatic carbocycles. The van der Waals surface area contributed by atoms with Crippen molar-refractivity contribution in [3.8, 4) is 11.5 Å². The highest BCUT2D eigenvalue weighted by Crippen LogP contribution is 2.33. The molecule has 1 N–H and O–H groups in total. The van der Waals surface area contributed by atoms with Gasteiger partial charge in [-0.25, -0.2) is 9.78 Å². The van der Waals surface area contributed by atoms with E-state index >= 15 is 0 Å². The first-order chi connectivity index (χ1) is 9.20. The van der Waals surface area contributed by atoms with E-state index in [-0.39, 0.29) is 11.7 Å². The van der Waals surface area contributed by atoms with Crippen molar-refractivity contribution in [3.63, 3.8) is 0 Å². The second kappa shape index (κ2) is 4.94. The number of rotatable bonds is 2. The molecule has 0 atom stereocenters. The third-order valence-corrected chi connectivity index (χ3v) is 3.20. The van der Waals surface area contributed by atoms with E-state index in [0.717, 1.165) is 5.56 Å². The van der Waals surface area contributed by atoms with Gasteiger partial charge >= 0.3 is 5.97 Å². The van der Waals surface area contributed by atoms with Crippen LogP contribution in [0.1, 0.15) is 42.6 Å². The number of aromatic nitrogens is 1. The molecule has 2 rings (SSSR count). The molecule has 20 heavy (non-hydrogen) atoms. The third-order valence-electron chi connectivity index (χ3n) is 2.89. The number of halogens is 1. The number of hydrogen-bond donors (Lipinski definition) is 1. The van der Waals surface area contributed by atoms with Crippen LogP contribution in [0.5, 0.6) is 0 Å². The first kappa shape index (κ1) is 14.6. The first-order valence-electron chi connectivity index (χ1n) is 6.21. The van der Waals surface area contributed by atoms with Gasteiger partial charge < -0.3 is 9.52 Å². The maximum Gasteiger partial charge on any atom is 0.373 e. The Kier molecular flexibility index (Phi) is 3.61. The first-order valence-corrected chi connectivity index (χ1v) is 6.59. The van der Waals surface area contributed by atoms with Crippen molar-refractivity contribution in [2.75, 3.05) is 0 Å². The molecular weight excluding hydrogens is 278 g/mol. The van der Waals surface area contributed by atoms with Crippen LogP contribution in [0.15, 0.2) is 22.6 Å². The molecule has 0 saturated carbocycles. The SMILES string of the molecule is Cc1ccc(-c2nc(C(C)(C)C)c(C(=O)O)o2)c(Cl)c1. The predicted molar refractivity (Wildman–Crippen MR) is 77.3 cm³/mol. The summed E-state index contributed by atoms with van der Waals surface area (Å²) in [6.45, 7) is 7.59. The van der Waals surface area contributed by atoms with Gasteiger partial charge in [-0.05, 0) is 24.6 Å². The molecule has 0 bridgehead atoms. The van der Waals surface area contributed by atoms with E-state index in [4.69, 9.17) is 16.0 Å². The van der Waals surface area contributed by atoms with Gasteiger partial charge in [-0.3, -0.25) is 0 Å². The van der Waals surface area contributed by atoms with Crippen LogP contribution in [0.25, 0.3) is 11.5 Å². The molecular formula is C15H16ClNO3. The van der Waals surface area contributed by atoms with Crippen LogP contribution in [0.3, 0.4) is 0 Å². The minimum atomic E-state index is -1.13. The van der Waals surface area contributed by atoms with E-state index in [1.807, 2.05) is 33.8 Å². The highest BCUT2D eigenvalue weighted by molar-refractivity contribution is 6.33. The second-order valence-corrected chi connectivity index (χ2v) is 6.14. The zero-order valence-corrected chi connectivity index (χ0v) is 12.6. The number of aryl methyl sites for hydroxylation is 1. The highest BCUT2D eigenvalue weighted by atomic mass is 35.5. The Morgan fingerprint density at radius 1 is 1.35 bits per heavy atom. The highest BCUT2D eigenvalue weighted by Gasteiger charge is 2.29. The van der Waals surface area contributed by atoms with Crippen molar-refractivity contribution in [3.05, 3.63) is 40.2 Å². The minimum absolute atomic E-state index is 0.135. The van der Waals surface area contributed by atoms with Crippen molar-refractivity contribution in [2.45, 2.75) is 33.1 Å². The van der Waals surface area contributed by atoms with Crippen molar-refractivity contribution in [1.29, 1.82) is 0 Å². The maximum absolute atomic E-state index is 11.3. The zero-order valence-electron chi connectivity index (χ0n) is 11.8. The number of carboxylic acid groups (broad SMARTS) is 1. The normalized spacial score (nSPS) is 11.7. The lowest BCUT2D eigenvalue weighted by molar-refractivity contribution is 0.0659. The van der Waals surface area contributed by atoms with Crippen LogP contribution in [-0.2, 0) is 5.41 Å².